The smallest absolute Gasteiger partial charge is 0.343 e. The van der Waals surface area contributed by atoms with Crippen LogP contribution in [0.25, 0.3) is 6.08 Å². The average molecular weight is 412 g/mol. The largest absolute Gasteiger partial charge is 0.454 e. The molecule has 3 aromatic carbocycles. The molecule has 3 aromatic rings. The van der Waals surface area contributed by atoms with Crippen LogP contribution in [0.1, 0.15) is 5.56 Å². The molecule has 2 aliphatic rings. The summed E-state index contributed by atoms with van der Waals surface area (Å²) >= 11 is 0. The molecule has 0 atom stereocenters. The number of para-hydroxylation sites is 2. The molecule has 1 fully saturated rings. The number of fused-ring (bicyclic) bond motifs is 1. The molecule has 2 aliphatic heterocycles. The van der Waals surface area contributed by atoms with E-state index in [1.54, 1.807) is 78.9 Å². The van der Waals surface area contributed by atoms with Crippen molar-refractivity contribution in [2.45, 2.75) is 0 Å². The molecular weight excluding hydrogens is 396 g/mol. The molecule has 0 unspecified atom stereocenters. The second-order valence-electron chi connectivity index (χ2n) is 6.91. The molecule has 7 heteroatoms. The predicted octanol–water partition coefficient (Wildman–Crippen LogP) is 4.00. The van der Waals surface area contributed by atoms with Crippen molar-refractivity contribution < 1.29 is 23.9 Å². The molecule has 0 radical (unpaired) electrons. The van der Waals surface area contributed by atoms with Crippen molar-refractivity contribution in [3.63, 3.8) is 0 Å². The zero-order valence-corrected chi connectivity index (χ0v) is 16.2. The first-order valence-corrected chi connectivity index (χ1v) is 9.58. The summed E-state index contributed by atoms with van der Waals surface area (Å²) in [6.07, 6.45) is 1.46. The van der Waals surface area contributed by atoms with E-state index in [4.69, 9.17) is 9.47 Å². The van der Waals surface area contributed by atoms with E-state index >= 15 is 0 Å². The van der Waals surface area contributed by atoms with Gasteiger partial charge in [-0.25, -0.2) is 14.6 Å². The van der Waals surface area contributed by atoms with Gasteiger partial charge in [0, 0.05) is 0 Å². The highest BCUT2D eigenvalue weighted by molar-refractivity contribution is 6.46. The van der Waals surface area contributed by atoms with Gasteiger partial charge >= 0.3 is 6.03 Å². The zero-order chi connectivity index (χ0) is 21.4. The highest BCUT2D eigenvalue weighted by atomic mass is 16.7. The quantitative estimate of drug-likeness (QED) is 0.480. The molecule has 7 nitrogen and oxygen atoms in total. The number of hydrogen-bond donors (Lipinski definition) is 0. The van der Waals surface area contributed by atoms with Gasteiger partial charge in [0.1, 0.15) is 5.57 Å². The number of hydrogen-bond acceptors (Lipinski definition) is 5. The maximum Gasteiger partial charge on any atom is 0.343 e. The summed E-state index contributed by atoms with van der Waals surface area (Å²) < 4.78 is 10.7. The van der Waals surface area contributed by atoms with Crippen LogP contribution in [-0.2, 0) is 9.59 Å². The van der Waals surface area contributed by atoms with E-state index in [9.17, 15) is 14.4 Å². The normalized spacial score (nSPS) is 15.5. The summed E-state index contributed by atoms with van der Waals surface area (Å²) in [7, 11) is 0. The Morgan fingerprint density at radius 3 is 1.81 bits per heavy atom. The number of amides is 4. The van der Waals surface area contributed by atoms with Gasteiger partial charge < -0.3 is 9.47 Å². The second kappa shape index (κ2) is 7.46. The van der Waals surface area contributed by atoms with Crippen molar-refractivity contribution in [3.8, 4) is 11.5 Å². The number of carbonyl (C=O) groups is 3. The van der Waals surface area contributed by atoms with Crippen LogP contribution in [0.4, 0.5) is 16.2 Å². The minimum absolute atomic E-state index is 0.116. The Morgan fingerprint density at radius 2 is 1.23 bits per heavy atom. The molecule has 31 heavy (non-hydrogen) atoms. The fourth-order valence-corrected chi connectivity index (χ4v) is 3.51. The second-order valence-corrected chi connectivity index (χ2v) is 6.91. The number of ether oxygens (including phenoxy) is 2. The molecule has 0 aliphatic carbocycles. The van der Waals surface area contributed by atoms with Crippen LogP contribution in [0, 0.1) is 0 Å². The van der Waals surface area contributed by atoms with Gasteiger partial charge in [-0.15, -0.1) is 0 Å². The number of carbonyl (C=O) groups excluding carboxylic acids is 3. The first-order chi connectivity index (χ1) is 15.1. The van der Waals surface area contributed by atoms with Gasteiger partial charge in [0.05, 0.1) is 11.4 Å². The van der Waals surface area contributed by atoms with Crippen molar-refractivity contribution in [2.75, 3.05) is 16.6 Å². The lowest BCUT2D eigenvalue weighted by molar-refractivity contribution is -0.121. The number of barbiturate groups is 1. The lowest BCUT2D eigenvalue weighted by Gasteiger charge is -2.33. The Balaban J connectivity index is 1.63. The number of benzene rings is 3. The molecule has 0 aromatic heterocycles. The third-order valence-corrected chi connectivity index (χ3v) is 4.99. The summed E-state index contributed by atoms with van der Waals surface area (Å²) in [6.45, 7) is 0.116. The molecule has 0 spiro atoms. The SMILES string of the molecule is O=C1C(=Cc2ccc3c(c2)OCO3)C(=O)N(c2ccccc2)C(=O)N1c1ccccc1. The van der Waals surface area contributed by atoms with E-state index in [0.29, 0.717) is 28.4 Å². The van der Waals surface area contributed by atoms with Gasteiger partial charge in [0.25, 0.3) is 11.8 Å². The van der Waals surface area contributed by atoms with Crippen LogP contribution in [0.2, 0.25) is 0 Å². The summed E-state index contributed by atoms with van der Waals surface area (Å²) in [6, 6.07) is 21.4. The molecule has 2 heterocycles. The van der Waals surface area contributed by atoms with Gasteiger partial charge in [0.15, 0.2) is 11.5 Å². The number of rotatable bonds is 3. The van der Waals surface area contributed by atoms with Crippen LogP contribution in [0.5, 0.6) is 11.5 Å². The Morgan fingerprint density at radius 1 is 0.677 bits per heavy atom. The molecule has 0 saturated carbocycles. The Kier molecular flexibility index (Phi) is 4.48. The van der Waals surface area contributed by atoms with Crippen LogP contribution < -0.4 is 19.3 Å². The monoisotopic (exact) mass is 412 g/mol. The molecule has 0 bridgehead atoms. The van der Waals surface area contributed by atoms with E-state index in [-0.39, 0.29) is 12.4 Å². The highest BCUT2D eigenvalue weighted by Crippen LogP contribution is 2.34. The summed E-state index contributed by atoms with van der Waals surface area (Å²) in [5.41, 5.74) is 1.20. The van der Waals surface area contributed by atoms with Crippen molar-refractivity contribution >= 4 is 35.3 Å². The third kappa shape index (κ3) is 3.22. The van der Waals surface area contributed by atoms with Gasteiger partial charge in [-0.1, -0.05) is 42.5 Å². The van der Waals surface area contributed by atoms with Crippen molar-refractivity contribution in [1.82, 2.24) is 0 Å². The number of anilines is 2. The van der Waals surface area contributed by atoms with E-state index < -0.39 is 17.8 Å². The lowest BCUT2D eigenvalue weighted by Crippen LogP contribution is -2.57. The van der Waals surface area contributed by atoms with Crippen LogP contribution in [-0.4, -0.2) is 24.6 Å². The molecule has 5 rings (SSSR count). The van der Waals surface area contributed by atoms with Crippen LogP contribution in [0.15, 0.2) is 84.4 Å². The average Bonchev–Trinajstić information content (AvgIpc) is 3.26. The van der Waals surface area contributed by atoms with Crippen LogP contribution in [0.3, 0.4) is 0 Å². The Labute approximate surface area is 177 Å². The molecule has 4 amide bonds. The van der Waals surface area contributed by atoms with Crippen molar-refractivity contribution in [1.29, 1.82) is 0 Å². The van der Waals surface area contributed by atoms with Gasteiger partial charge in [-0.05, 0) is 48.0 Å². The summed E-state index contributed by atoms with van der Waals surface area (Å²) in [5.74, 6) is -0.256. The topological polar surface area (TPSA) is 76.1 Å². The van der Waals surface area contributed by atoms with E-state index in [2.05, 4.69) is 0 Å². The molecule has 152 valence electrons. The lowest BCUT2D eigenvalue weighted by atomic mass is 10.0. The van der Waals surface area contributed by atoms with Crippen molar-refractivity contribution in [2.24, 2.45) is 0 Å². The maximum atomic E-state index is 13.3. The minimum Gasteiger partial charge on any atom is -0.454 e. The third-order valence-electron chi connectivity index (χ3n) is 4.99. The Hall–Kier alpha value is -4.39. The molecule has 1 saturated heterocycles. The van der Waals surface area contributed by atoms with Gasteiger partial charge in [-0.3, -0.25) is 9.59 Å². The standard InChI is InChI=1S/C24H16N2O5/c27-22-19(13-16-11-12-20-21(14-16)31-15-30-20)23(28)26(18-9-5-2-6-10-18)24(29)25(22)17-7-3-1-4-8-17/h1-14H,15H2. The summed E-state index contributed by atoms with van der Waals surface area (Å²) in [5, 5.41) is 0. The number of imide groups is 2. The summed E-state index contributed by atoms with van der Waals surface area (Å²) in [4.78, 5) is 41.8. The van der Waals surface area contributed by atoms with Gasteiger partial charge in [-0.2, -0.15) is 0 Å². The Bertz CT molecular complexity index is 1160. The maximum absolute atomic E-state index is 13.3. The fraction of sp³-hybridized carbons (Fsp3) is 0.0417. The zero-order valence-electron chi connectivity index (χ0n) is 16.2. The van der Waals surface area contributed by atoms with Crippen LogP contribution >= 0.6 is 0 Å². The van der Waals surface area contributed by atoms with E-state index in [1.165, 1.54) is 6.08 Å². The first kappa shape index (κ1) is 18.6. The first-order valence-electron chi connectivity index (χ1n) is 9.58. The van der Waals surface area contributed by atoms with Gasteiger partial charge in [0.2, 0.25) is 6.79 Å². The minimum atomic E-state index is -0.727. The fourth-order valence-electron chi connectivity index (χ4n) is 3.51. The molecule has 0 N–H and O–H groups in total. The number of nitrogens with zero attached hydrogens (tertiary/aromatic N) is 2. The van der Waals surface area contributed by atoms with Crippen molar-refractivity contribution in [3.05, 3.63) is 90.0 Å². The van der Waals surface area contributed by atoms with E-state index in [1.807, 2.05) is 0 Å². The number of urea groups is 1. The van der Waals surface area contributed by atoms with E-state index in [0.717, 1.165) is 9.80 Å². The predicted molar refractivity (Wildman–Crippen MR) is 114 cm³/mol. The molecular formula is C24H16N2O5. The highest BCUT2D eigenvalue weighted by Gasteiger charge is 2.43.